The first-order valence-corrected chi connectivity index (χ1v) is 6.90. The van der Waals surface area contributed by atoms with E-state index in [0.29, 0.717) is 11.5 Å². The van der Waals surface area contributed by atoms with E-state index < -0.39 is 0 Å². The fourth-order valence-electron chi connectivity index (χ4n) is 1.79. The van der Waals surface area contributed by atoms with Gasteiger partial charge in [-0.3, -0.25) is 0 Å². The Balaban J connectivity index is 4.32. The van der Waals surface area contributed by atoms with E-state index in [2.05, 4.69) is 55.4 Å². The fourth-order valence-corrected chi connectivity index (χ4v) is 1.79. The standard InChI is InChI=1S/C15H32O2/c1-9-12(11-14(3,4)5)16-13(10-2)17-15(6,7)8/h12-13H,9-11H2,1-8H3. The van der Waals surface area contributed by atoms with E-state index in [1.807, 2.05) is 0 Å². The van der Waals surface area contributed by atoms with Crippen LogP contribution in [0.4, 0.5) is 0 Å². The molecule has 0 saturated heterocycles. The molecule has 2 unspecified atom stereocenters. The van der Waals surface area contributed by atoms with Gasteiger partial charge in [0, 0.05) is 0 Å². The van der Waals surface area contributed by atoms with Crippen LogP contribution in [0.15, 0.2) is 0 Å². The van der Waals surface area contributed by atoms with E-state index in [1.165, 1.54) is 0 Å². The Morgan fingerprint density at radius 2 is 1.41 bits per heavy atom. The lowest BCUT2D eigenvalue weighted by Crippen LogP contribution is -2.33. The molecule has 2 heteroatoms. The van der Waals surface area contributed by atoms with Crippen molar-refractivity contribution in [3.05, 3.63) is 0 Å². The first-order valence-electron chi connectivity index (χ1n) is 6.90. The summed E-state index contributed by atoms with van der Waals surface area (Å²) in [5, 5.41) is 0. The summed E-state index contributed by atoms with van der Waals surface area (Å²) < 4.78 is 12.0. The molecule has 0 bridgehead atoms. The molecule has 0 saturated carbocycles. The van der Waals surface area contributed by atoms with Gasteiger partial charge in [-0.2, -0.15) is 0 Å². The summed E-state index contributed by atoms with van der Waals surface area (Å²) in [4.78, 5) is 0. The minimum absolute atomic E-state index is 0.0812. The third-order valence-corrected chi connectivity index (χ3v) is 2.46. The summed E-state index contributed by atoms with van der Waals surface area (Å²) in [5.74, 6) is 0. The van der Waals surface area contributed by atoms with Crippen LogP contribution in [0.3, 0.4) is 0 Å². The lowest BCUT2D eigenvalue weighted by molar-refractivity contribution is -0.220. The molecule has 0 N–H and O–H groups in total. The van der Waals surface area contributed by atoms with Crippen molar-refractivity contribution < 1.29 is 9.47 Å². The predicted molar refractivity (Wildman–Crippen MR) is 74.2 cm³/mol. The zero-order valence-electron chi connectivity index (χ0n) is 13.1. The van der Waals surface area contributed by atoms with Crippen molar-refractivity contribution in [2.75, 3.05) is 0 Å². The second-order valence-corrected chi connectivity index (χ2v) is 7.00. The van der Waals surface area contributed by atoms with Gasteiger partial charge in [-0.15, -0.1) is 0 Å². The lowest BCUT2D eigenvalue weighted by atomic mass is 9.88. The number of ether oxygens (including phenoxy) is 2. The van der Waals surface area contributed by atoms with Crippen LogP contribution in [0.5, 0.6) is 0 Å². The summed E-state index contributed by atoms with van der Waals surface area (Å²) in [7, 11) is 0. The molecular weight excluding hydrogens is 212 g/mol. The highest BCUT2D eigenvalue weighted by Gasteiger charge is 2.24. The van der Waals surface area contributed by atoms with Crippen LogP contribution in [-0.4, -0.2) is 18.0 Å². The molecule has 0 aromatic rings. The van der Waals surface area contributed by atoms with Crippen molar-refractivity contribution in [3.8, 4) is 0 Å². The van der Waals surface area contributed by atoms with Gasteiger partial charge in [0.25, 0.3) is 0 Å². The van der Waals surface area contributed by atoms with Gasteiger partial charge in [-0.05, 0) is 45.4 Å². The number of hydrogen-bond acceptors (Lipinski definition) is 2. The second kappa shape index (κ2) is 6.75. The molecule has 0 aromatic heterocycles. The fraction of sp³-hybridized carbons (Fsp3) is 1.00. The van der Waals surface area contributed by atoms with Gasteiger partial charge in [-0.1, -0.05) is 34.6 Å². The lowest BCUT2D eigenvalue weighted by Gasteiger charge is -2.32. The quantitative estimate of drug-likeness (QED) is 0.627. The van der Waals surface area contributed by atoms with Gasteiger partial charge in [-0.25, -0.2) is 0 Å². The van der Waals surface area contributed by atoms with Gasteiger partial charge in [0.1, 0.15) is 0 Å². The smallest absolute Gasteiger partial charge is 0.158 e. The van der Waals surface area contributed by atoms with Crippen LogP contribution in [0.2, 0.25) is 0 Å². The zero-order chi connectivity index (χ0) is 13.7. The molecule has 0 aliphatic rings. The highest BCUT2D eigenvalue weighted by Crippen LogP contribution is 2.26. The Morgan fingerprint density at radius 1 is 0.882 bits per heavy atom. The average Bonchev–Trinajstić information content (AvgIpc) is 2.11. The van der Waals surface area contributed by atoms with Crippen LogP contribution in [-0.2, 0) is 9.47 Å². The SMILES string of the molecule is CCC(CC(C)(C)C)OC(CC)OC(C)(C)C. The maximum Gasteiger partial charge on any atom is 0.158 e. The zero-order valence-corrected chi connectivity index (χ0v) is 13.1. The van der Waals surface area contributed by atoms with Crippen LogP contribution < -0.4 is 0 Å². The van der Waals surface area contributed by atoms with Crippen molar-refractivity contribution in [3.63, 3.8) is 0 Å². The van der Waals surface area contributed by atoms with Gasteiger partial charge >= 0.3 is 0 Å². The van der Waals surface area contributed by atoms with Crippen LogP contribution in [0.25, 0.3) is 0 Å². The third-order valence-electron chi connectivity index (χ3n) is 2.46. The molecule has 2 nitrogen and oxygen atoms in total. The van der Waals surface area contributed by atoms with E-state index >= 15 is 0 Å². The molecule has 2 atom stereocenters. The Labute approximate surface area is 108 Å². The van der Waals surface area contributed by atoms with Crippen LogP contribution >= 0.6 is 0 Å². The van der Waals surface area contributed by atoms with E-state index in [4.69, 9.17) is 9.47 Å². The molecule has 0 aliphatic carbocycles. The molecule has 104 valence electrons. The van der Waals surface area contributed by atoms with Gasteiger partial charge in [0.15, 0.2) is 6.29 Å². The molecule has 0 spiro atoms. The number of hydrogen-bond donors (Lipinski definition) is 0. The van der Waals surface area contributed by atoms with Crippen molar-refractivity contribution in [1.29, 1.82) is 0 Å². The highest BCUT2D eigenvalue weighted by molar-refractivity contribution is 4.69. The Morgan fingerprint density at radius 3 is 1.71 bits per heavy atom. The van der Waals surface area contributed by atoms with Gasteiger partial charge in [0.05, 0.1) is 11.7 Å². The van der Waals surface area contributed by atoms with E-state index in [-0.39, 0.29) is 11.9 Å². The molecule has 0 heterocycles. The number of rotatable bonds is 6. The molecule has 0 radical (unpaired) electrons. The van der Waals surface area contributed by atoms with Crippen molar-refractivity contribution >= 4 is 0 Å². The van der Waals surface area contributed by atoms with Crippen LogP contribution in [0, 0.1) is 5.41 Å². The minimum Gasteiger partial charge on any atom is -0.349 e. The van der Waals surface area contributed by atoms with Crippen molar-refractivity contribution in [2.45, 2.75) is 92.6 Å². The maximum absolute atomic E-state index is 6.08. The van der Waals surface area contributed by atoms with Crippen LogP contribution in [0.1, 0.15) is 74.7 Å². The van der Waals surface area contributed by atoms with E-state index in [1.54, 1.807) is 0 Å². The summed E-state index contributed by atoms with van der Waals surface area (Å²) in [6.45, 7) is 17.3. The predicted octanol–water partition coefficient (Wildman–Crippen LogP) is 4.77. The molecular formula is C15H32O2. The topological polar surface area (TPSA) is 18.5 Å². The first-order chi connectivity index (χ1) is 7.57. The maximum atomic E-state index is 6.08. The molecule has 0 fully saturated rings. The Kier molecular flexibility index (Phi) is 6.71. The average molecular weight is 244 g/mol. The molecule has 17 heavy (non-hydrogen) atoms. The Bertz CT molecular complexity index is 176. The van der Waals surface area contributed by atoms with Crippen molar-refractivity contribution in [2.24, 2.45) is 5.41 Å². The summed E-state index contributed by atoms with van der Waals surface area (Å²) in [5.41, 5.74) is 0.168. The second-order valence-electron chi connectivity index (χ2n) is 7.00. The molecule has 0 aromatic carbocycles. The normalized spacial score (nSPS) is 16.9. The highest BCUT2D eigenvalue weighted by atomic mass is 16.7. The minimum atomic E-state index is -0.138. The van der Waals surface area contributed by atoms with Gasteiger partial charge < -0.3 is 9.47 Å². The largest absolute Gasteiger partial charge is 0.349 e. The third kappa shape index (κ3) is 9.61. The van der Waals surface area contributed by atoms with E-state index in [9.17, 15) is 0 Å². The first kappa shape index (κ1) is 16.9. The molecule has 0 amide bonds. The van der Waals surface area contributed by atoms with Gasteiger partial charge in [0.2, 0.25) is 0 Å². The summed E-state index contributed by atoms with van der Waals surface area (Å²) in [6.07, 6.45) is 3.23. The van der Waals surface area contributed by atoms with Crippen molar-refractivity contribution in [1.82, 2.24) is 0 Å². The monoisotopic (exact) mass is 244 g/mol. The summed E-state index contributed by atoms with van der Waals surface area (Å²) >= 11 is 0. The molecule has 0 rings (SSSR count). The molecule has 0 aliphatic heterocycles. The Hall–Kier alpha value is -0.0800. The van der Waals surface area contributed by atoms with E-state index in [0.717, 1.165) is 19.3 Å². The summed E-state index contributed by atoms with van der Waals surface area (Å²) in [6, 6.07) is 0.